The second kappa shape index (κ2) is 38.4. The van der Waals surface area contributed by atoms with Crippen molar-refractivity contribution in [3.05, 3.63) is 24.3 Å². The van der Waals surface area contributed by atoms with E-state index in [0.717, 1.165) is 32.7 Å². The lowest BCUT2D eigenvalue weighted by Gasteiger charge is -2.18. The van der Waals surface area contributed by atoms with Gasteiger partial charge in [0.05, 0.1) is 13.2 Å². The first-order valence-electron chi connectivity index (χ1n) is 18.9. The zero-order chi connectivity index (χ0) is 30.4. The molecule has 0 aromatic heterocycles. The molecule has 0 aromatic carbocycles. The topological polar surface area (TPSA) is 27.7 Å². The monoisotopic (exact) mass is 593 g/mol. The van der Waals surface area contributed by atoms with Crippen molar-refractivity contribution in [3.8, 4) is 0 Å². The first-order chi connectivity index (χ1) is 20.8. The fraction of sp³-hybridized carbons (Fsp3) is 0.897. The van der Waals surface area contributed by atoms with Crippen LogP contribution in [0.2, 0.25) is 0 Å². The SMILES string of the molecule is CCCCC/C=C\C/C=C\CCCCCCCCOC(COCC)COCCCCCCCCCCCCCCCC. The van der Waals surface area contributed by atoms with E-state index in [1.165, 1.54) is 154 Å². The minimum atomic E-state index is 0.0783. The molecule has 0 amide bonds. The molecule has 0 fully saturated rings. The van der Waals surface area contributed by atoms with Crippen LogP contribution in [0.3, 0.4) is 0 Å². The highest BCUT2D eigenvalue weighted by Gasteiger charge is 2.09. The average molecular weight is 593 g/mol. The van der Waals surface area contributed by atoms with Gasteiger partial charge in [-0.15, -0.1) is 0 Å². The Balaban J connectivity index is 3.51. The molecule has 1 atom stereocenters. The van der Waals surface area contributed by atoms with E-state index in [1.807, 2.05) is 0 Å². The third-order valence-corrected chi connectivity index (χ3v) is 8.15. The summed E-state index contributed by atoms with van der Waals surface area (Å²) in [6.07, 6.45) is 44.2. The Morgan fingerprint density at radius 2 is 0.810 bits per heavy atom. The van der Waals surface area contributed by atoms with Gasteiger partial charge in [-0.05, 0) is 51.9 Å². The van der Waals surface area contributed by atoms with Gasteiger partial charge < -0.3 is 14.2 Å². The summed E-state index contributed by atoms with van der Waals surface area (Å²) in [5, 5.41) is 0. The van der Waals surface area contributed by atoms with Crippen molar-refractivity contribution < 1.29 is 14.2 Å². The molecule has 0 radical (unpaired) electrons. The van der Waals surface area contributed by atoms with Crippen LogP contribution in [0, 0.1) is 0 Å². The van der Waals surface area contributed by atoms with Crippen LogP contribution in [0.5, 0.6) is 0 Å². The molecule has 0 spiro atoms. The molecule has 0 aromatic rings. The Morgan fingerprint density at radius 1 is 0.405 bits per heavy atom. The van der Waals surface area contributed by atoms with Gasteiger partial charge >= 0.3 is 0 Å². The van der Waals surface area contributed by atoms with E-state index in [4.69, 9.17) is 14.2 Å². The summed E-state index contributed by atoms with van der Waals surface area (Å²) >= 11 is 0. The maximum atomic E-state index is 6.12. The largest absolute Gasteiger partial charge is 0.379 e. The van der Waals surface area contributed by atoms with E-state index >= 15 is 0 Å². The van der Waals surface area contributed by atoms with E-state index in [1.54, 1.807) is 0 Å². The van der Waals surface area contributed by atoms with Crippen molar-refractivity contribution in [3.63, 3.8) is 0 Å². The lowest BCUT2D eigenvalue weighted by molar-refractivity contribution is -0.0594. The summed E-state index contributed by atoms with van der Waals surface area (Å²) in [4.78, 5) is 0. The number of hydrogen-bond donors (Lipinski definition) is 0. The van der Waals surface area contributed by atoms with Gasteiger partial charge in [0.25, 0.3) is 0 Å². The predicted octanol–water partition coefficient (Wildman–Crippen LogP) is 12.7. The first kappa shape index (κ1) is 41.4. The molecule has 1 unspecified atom stereocenters. The third kappa shape index (κ3) is 35.6. The Bertz CT molecular complexity index is 530. The van der Waals surface area contributed by atoms with Crippen LogP contribution >= 0.6 is 0 Å². The number of unbranched alkanes of at least 4 members (excludes halogenated alkanes) is 22. The number of allylic oxidation sites excluding steroid dienone is 4. The highest BCUT2D eigenvalue weighted by molar-refractivity contribution is 4.92. The van der Waals surface area contributed by atoms with Crippen molar-refractivity contribution in [1.82, 2.24) is 0 Å². The van der Waals surface area contributed by atoms with Crippen molar-refractivity contribution in [2.45, 2.75) is 194 Å². The lowest BCUT2D eigenvalue weighted by Crippen LogP contribution is -2.26. The van der Waals surface area contributed by atoms with Crippen molar-refractivity contribution in [1.29, 1.82) is 0 Å². The van der Waals surface area contributed by atoms with Gasteiger partial charge in [0.1, 0.15) is 6.10 Å². The zero-order valence-electron chi connectivity index (χ0n) is 29.0. The standard InChI is InChI=1S/C39H76O3/c1-4-7-9-11-13-15-17-19-21-22-24-26-28-30-32-34-36-42-39(37-40-6-3)38-41-35-33-31-29-27-25-23-20-18-16-14-12-10-8-5-2/h13,15,19,21,39H,4-12,14,16-18,20,22-38H2,1-3H3/b15-13-,21-19-. The fourth-order valence-corrected chi connectivity index (χ4v) is 5.35. The summed E-state index contributed by atoms with van der Waals surface area (Å²) in [6, 6.07) is 0. The molecule has 0 aliphatic carbocycles. The number of ether oxygens (including phenoxy) is 3. The second-order valence-electron chi connectivity index (χ2n) is 12.4. The van der Waals surface area contributed by atoms with E-state index < -0.39 is 0 Å². The van der Waals surface area contributed by atoms with Gasteiger partial charge in [-0.3, -0.25) is 0 Å². The van der Waals surface area contributed by atoms with E-state index in [9.17, 15) is 0 Å². The zero-order valence-corrected chi connectivity index (χ0v) is 29.0. The predicted molar refractivity (Wildman–Crippen MR) is 187 cm³/mol. The smallest absolute Gasteiger partial charge is 0.104 e. The minimum Gasteiger partial charge on any atom is -0.379 e. The molecule has 0 N–H and O–H groups in total. The van der Waals surface area contributed by atoms with Crippen molar-refractivity contribution in [2.75, 3.05) is 33.0 Å². The van der Waals surface area contributed by atoms with Crippen LogP contribution < -0.4 is 0 Å². The molecule has 0 aliphatic rings. The highest BCUT2D eigenvalue weighted by Crippen LogP contribution is 2.13. The molecule has 0 aliphatic heterocycles. The Morgan fingerprint density at radius 3 is 1.33 bits per heavy atom. The molecule has 0 bridgehead atoms. The molecular weight excluding hydrogens is 516 g/mol. The van der Waals surface area contributed by atoms with E-state index in [0.29, 0.717) is 13.2 Å². The summed E-state index contributed by atoms with van der Waals surface area (Å²) in [5.74, 6) is 0. The maximum Gasteiger partial charge on any atom is 0.104 e. The first-order valence-corrected chi connectivity index (χ1v) is 18.9. The minimum absolute atomic E-state index is 0.0783. The van der Waals surface area contributed by atoms with Crippen molar-refractivity contribution in [2.24, 2.45) is 0 Å². The highest BCUT2D eigenvalue weighted by atomic mass is 16.6. The number of rotatable bonds is 36. The Kier molecular flexibility index (Phi) is 37.8. The van der Waals surface area contributed by atoms with Gasteiger partial charge in [-0.25, -0.2) is 0 Å². The van der Waals surface area contributed by atoms with Crippen LogP contribution in [-0.2, 0) is 14.2 Å². The van der Waals surface area contributed by atoms with Crippen LogP contribution in [0.25, 0.3) is 0 Å². The molecule has 0 heterocycles. The van der Waals surface area contributed by atoms with Crippen LogP contribution in [0.4, 0.5) is 0 Å². The van der Waals surface area contributed by atoms with E-state index in [-0.39, 0.29) is 6.10 Å². The van der Waals surface area contributed by atoms with Crippen LogP contribution in [0.15, 0.2) is 24.3 Å². The average Bonchev–Trinajstić information content (AvgIpc) is 3.00. The van der Waals surface area contributed by atoms with Crippen molar-refractivity contribution >= 4 is 0 Å². The summed E-state index contributed by atoms with van der Waals surface area (Å²) in [6.45, 7) is 10.4. The molecule has 3 nitrogen and oxygen atoms in total. The normalized spacial score (nSPS) is 12.7. The Hall–Kier alpha value is -0.640. The maximum absolute atomic E-state index is 6.12. The number of hydrogen-bond acceptors (Lipinski definition) is 3. The molecule has 42 heavy (non-hydrogen) atoms. The van der Waals surface area contributed by atoms with E-state index in [2.05, 4.69) is 45.1 Å². The van der Waals surface area contributed by atoms with Gasteiger partial charge in [-0.2, -0.15) is 0 Å². The molecule has 0 saturated carbocycles. The van der Waals surface area contributed by atoms with Gasteiger partial charge in [0.15, 0.2) is 0 Å². The van der Waals surface area contributed by atoms with Crippen LogP contribution in [-0.4, -0.2) is 39.1 Å². The Labute approximate surface area is 265 Å². The molecule has 0 saturated heterocycles. The molecule has 0 rings (SSSR count). The third-order valence-electron chi connectivity index (χ3n) is 8.15. The molecular formula is C39H76O3. The van der Waals surface area contributed by atoms with Gasteiger partial charge in [-0.1, -0.05) is 160 Å². The summed E-state index contributed by atoms with van der Waals surface area (Å²) in [7, 11) is 0. The summed E-state index contributed by atoms with van der Waals surface area (Å²) in [5.41, 5.74) is 0. The lowest BCUT2D eigenvalue weighted by atomic mass is 10.0. The van der Waals surface area contributed by atoms with Crippen LogP contribution in [0.1, 0.15) is 188 Å². The second-order valence-corrected chi connectivity index (χ2v) is 12.4. The quantitative estimate of drug-likeness (QED) is 0.0535. The van der Waals surface area contributed by atoms with Gasteiger partial charge in [0.2, 0.25) is 0 Å². The fourth-order valence-electron chi connectivity index (χ4n) is 5.35. The van der Waals surface area contributed by atoms with Gasteiger partial charge in [0, 0.05) is 19.8 Å². The molecule has 3 heteroatoms. The molecule has 250 valence electrons. The summed E-state index contributed by atoms with van der Waals surface area (Å²) < 4.78 is 17.7.